The topological polar surface area (TPSA) is 60.0 Å². The van der Waals surface area contributed by atoms with Crippen LogP contribution in [0.2, 0.25) is 0 Å². The second kappa shape index (κ2) is 11.1. The first-order chi connectivity index (χ1) is 12.2. The van der Waals surface area contributed by atoms with E-state index in [1.165, 1.54) is 0 Å². The molecule has 1 fully saturated rings. The predicted molar refractivity (Wildman–Crippen MR) is 96.7 cm³/mol. The highest BCUT2D eigenvalue weighted by molar-refractivity contribution is 5.75. The molecule has 1 heterocycles. The van der Waals surface area contributed by atoms with E-state index in [9.17, 15) is 4.79 Å². The number of carbonyl (C=O) groups excluding carboxylic acids is 1. The van der Waals surface area contributed by atoms with Gasteiger partial charge in [0.15, 0.2) is 0 Å². The summed E-state index contributed by atoms with van der Waals surface area (Å²) in [7, 11) is 3.74. The third-order valence-electron chi connectivity index (χ3n) is 4.45. The summed E-state index contributed by atoms with van der Waals surface area (Å²) >= 11 is 0. The van der Waals surface area contributed by atoms with Gasteiger partial charge < -0.3 is 19.5 Å². The second-order valence-electron chi connectivity index (χ2n) is 6.34. The molecule has 6 heteroatoms. The Balaban J connectivity index is 1.70. The molecule has 0 aliphatic carbocycles. The van der Waals surface area contributed by atoms with Gasteiger partial charge in [0.25, 0.3) is 0 Å². The molecule has 25 heavy (non-hydrogen) atoms. The first kappa shape index (κ1) is 19.7. The fraction of sp³-hybridized carbons (Fsp3) is 0.632. The molecule has 140 valence electrons. The molecule has 0 aromatic heterocycles. The Hall–Kier alpha value is -1.63. The van der Waals surface area contributed by atoms with E-state index in [4.69, 9.17) is 14.2 Å². The second-order valence-corrected chi connectivity index (χ2v) is 6.34. The number of ether oxygens (including phenoxy) is 3. The molecule has 0 atom stereocenters. The van der Waals surface area contributed by atoms with Crippen molar-refractivity contribution in [3.05, 3.63) is 29.8 Å². The third kappa shape index (κ3) is 7.42. The van der Waals surface area contributed by atoms with E-state index in [2.05, 4.69) is 17.3 Å². The Bertz CT molecular complexity index is 518. The summed E-state index contributed by atoms with van der Waals surface area (Å²) < 4.78 is 16.2. The van der Waals surface area contributed by atoms with Crippen LogP contribution < -0.4 is 10.1 Å². The molecule has 1 saturated heterocycles. The van der Waals surface area contributed by atoms with Crippen LogP contribution in [0.4, 0.5) is 0 Å². The number of hydrogen-bond donors (Lipinski definition) is 1. The SMILES string of the molecule is COCCC(=O)NCc1cccc(OCCN(C)C2CCOCC2)c1. The molecule has 0 unspecified atom stereocenters. The summed E-state index contributed by atoms with van der Waals surface area (Å²) in [5.74, 6) is 0.829. The first-order valence-corrected chi connectivity index (χ1v) is 8.94. The molecule has 1 aliphatic heterocycles. The molecule has 1 aromatic rings. The van der Waals surface area contributed by atoms with Crippen molar-refractivity contribution in [2.45, 2.75) is 31.8 Å². The Morgan fingerprint density at radius 1 is 1.32 bits per heavy atom. The van der Waals surface area contributed by atoms with Crippen LogP contribution in [-0.4, -0.2) is 64.0 Å². The lowest BCUT2D eigenvalue weighted by atomic mass is 10.1. The largest absolute Gasteiger partial charge is 0.492 e. The van der Waals surface area contributed by atoms with Gasteiger partial charge in [-0.3, -0.25) is 9.69 Å². The van der Waals surface area contributed by atoms with Gasteiger partial charge in [0, 0.05) is 45.9 Å². The number of hydrogen-bond acceptors (Lipinski definition) is 5. The minimum Gasteiger partial charge on any atom is -0.492 e. The Morgan fingerprint density at radius 2 is 2.12 bits per heavy atom. The highest BCUT2D eigenvalue weighted by atomic mass is 16.5. The molecule has 0 spiro atoms. The predicted octanol–water partition coefficient (Wildman–Crippen LogP) is 1.83. The molecule has 1 amide bonds. The van der Waals surface area contributed by atoms with Crippen LogP contribution >= 0.6 is 0 Å². The van der Waals surface area contributed by atoms with E-state index in [1.807, 2.05) is 24.3 Å². The van der Waals surface area contributed by atoms with Crippen LogP contribution in [0.25, 0.3) is 0 Å². The van der Waals surface area contributed by atoms with Gasteiger partial charge in [0.2, 0.25) is 5.91 Å². The quantitative estimate of drug-likeness (QED) is 0.698. The maximum absolute atomic E-state index is 11.6. The van der Waals surface area contributed by atoms with E-state index in [-0.39, 0.29) is 5.91 Å². The van der Waals surface area contributed by atoms with E-state index in [1.54, 1.807) is 7.11 Å². The summed E-state index contributed by atoms with van der Waals surface area (Å²) in [6.45, 7) is 4.19. The monoisotopic (exact) mass is 350 g/mol. The molecule has 1 aromatic carbocycles. The van der Waals surface area contributed by atoms with E-state index in [0.717, 1.165) is 43.9 Å². The standard InChI is InChI=1S/C19H30N2O4/c1-21(17-6-11-24-12-7-17)9-13-25-18-5-3-4-16(14-18)15-20-19(22)8-10-23-2/h3-5,14,17H,6-13,15H2,1-2H3,(H,20,22). The van der Waals surface area contributed by atoms with Crippen molar-refractivity contribution in [2.75, 3.05) is 47.1 Å². The molecule has 0 radical (unpaired) electrons. The number of benzene rings is 1. The van der Waals surface area contributed by atoms with Crippen LogP contribution in [0, 0.1) is 0 Å². The molecular weight excluding hydrogens is 320 g/mol. The van der Waals surface area contributed by atoms with Crippen molar-refractivity contribution in [3.8, 4) is 5.75 Å². The zero-order chi connectivity index (χ0) is 17.9. The molecule has 1 N–H and O–H groups in total. The number of methoxy groups -OCH3 is 1. The van der Waals surface area contributed by atoms with Gasteiger partial charge in [-0.2, -0.15) is 0 Å². The number of rotatable bonds is 10. The molecule has 0 bridgehead atoms. The molecule has 0 saturated carbocycles. The van der Waals surface area contributed by atoms with Gasteiger partial charge in [0.1, 0.15) is 12.4 Å². The van der Waals surface area contributed by atoms with Gasteiger partial charge in [-0.25, -0.2) is 0 Å². The Kier molecular flexibility index (Phi) is 8.72. The minimum absolute atomic E-state index is 0.00809. The summed E-state index contributed by atoms with van der Waals surface area (Å²) in [6.07, 6.45) is 2.56. The molecule has 1 aliphatic rings. The Labute approximate surface area is 150 Å². The summed E-state index contributed by atoms with van der Waals surface area (Å²) in [5.41, 5.74) is 1.03. The van der Waals surface area contributed by atoms with Crippen LogP contribution in [-0.2, 0) is 20.8 Å². The number of amides is 1. The van der Waals surface area contributed by atoms with Crippen LogP contribution in [0.15, 0.2) is 24.3 Å². The van der Waals surface area contributed by atoms with E-state index >= 15 is 0 Å². The smallest absolute Gasteiger partial charge is 0.222 e. The van der Waals surface area contributed by atoms with Crippen LogP contribution in [0.3, 0.4) is 0 Å². The highest BCUT2D eigenvalue weighted by Gasteiger charge is 2.17. The van der Waals surface area contributed by atoms with Crippen LogP contribution in [0.1, 0.15) is 24.8 Å². The summed E-state index contributed by atoms with van der Waals surface area (Å²) in [6, 6.07) is 8.45. The normalized spacial score (nSPS) is 15.3. The number of nitrogens with one attached hydrogen (secondary N) is 1. The van der Waals surface area contributed by atoms with Crippen molar-refractivity contribution >= 4 is 5.91 Å². The van der Waals surface area contributed by atoms with Crippen molar-refractivity contribution in [1.29, 1.82) is 0 Å². The minimum atomic E-state index is -0.00809. The fourth-order valence-corrected chi connectivity index (χ4v) is 2.85. The first-order valence-electron chi connectivity index (χ1n) is 8.94. The summed E-state index contributed by atoms with van der Waals surface area (Å²) in [4.78, 5) is 14.0. The van der Waals surface area contributed by atoms with Crippen LogP contribution in [0.5, 0.6) is 5.75 Å². The van der Waals surface area contributed by atoms with Gasteiger partial charge >= 0.3 is 0 Å². The lowest BCUT2D eigenvalue weighted by molar-refractivity contribution is -0.122. The van der Waals surface area contributed by atoms with Crippen molar-refractivity contribution in [3.63, 3.8) is 0 Å². The summed E-state index contributed by atoms with van der Waals surface area (Å²) in [5, 5.41) is 2.88. The number of nitrogens with zero attached hydrogens (tertiary/aromatic N) is 1. The van der Waals surface area contributed by atoms with Crippen molar-refractivity contribution in [2.24, 2.45) is 0 Å². The van der Waals surface area contributed by atoms with Gasteiger partial charge in [-0.1, -0.05) is 12.1 Å². The lowest BCUT2D eigenvalue weighted by Crippen LogP contribution is -2.38. The fourth-order valence-electron chi connectivity index (χ4n) is 2.85. The third-order valence-corrected chi connectivity index (χ3v) is 4.45. The van der Waals surface area contributed by atoms with E-state index in [0.29, 0.717) is 32.2 Å². The molecule has 2 rings (SSSR count). The van der Waals surface area contributed by atoms with Crippen molar-refractivity contribution < 1.29 is 19.0 Å². The van der Waals surface area contributed by atoms with Gasteiger partial charge in [-0.05, 0) is 37.6 Å². The molecule has 6 nitrogen and oxygen atoms in total. The maximum atomic E-state index is 11.6. The average Bonchev–Trinajstić information content (AvgIpc) is 2.65. The number of carbonyl (C=O) groups is 1. The van der Waals surface area contributed by atoms with Gasteiger partial charge in [-0.15, -0.1) is 0 Å². The zero-order valence-electron chi connectivity index (χ0n) is 15.3. The average molecular weight is 350 g/mol. The van der Waals surface area contributed by atoms with Gasteiger partial charge in [0.05, 0.1) is 6.61 Å². The lowest BCUT2D eigenvalue weighted by Gasteiger charge is -2.31. The van der Waals surface area contributed by atoms with Crippen molar-refractivity contribution in [1.82, 2.24) is 10.2 Å². The maximum Gasteiger partial charge on any atom is 0.222 e. The highest BCUT2D eigenvalue weighted by Crippen LogP contribution is 2.15. The Morgan fingerprint density at radius 3 is 2.88 bits per heavy atom. The number of likely N-dealkylation sites (N-methyl/N-ethyl adjacent to an activating group) is 1. The van der Waals surface area contributed by atoms with E-state index < -0.39 is 0 Å². The zero-order valence-corrected chi connectivity index (χ0v) is 15.3. The molecular formula is C19H30N2O4.